The monoisotopic (exact) mass is 320 g/mol. The minimum atomic E-state index is -3.38. The van der Waals surface area contributed by atoms with Crippen molar-refractivity contribution in [2.24, 2.45) is 0 Å². The summed E-state index contributed by atoms with van der Waals surface area (Å²) in [5.41, 5.74) is -0.482. The van der Waals surface area contributed by atoms with Crippen LogP contribution < -0.4 is 0 Å². The molecule has 3 aliphatic heterocycles. The van der Waals surface area contributed by atoms with Crippen LogP contribution in [0.5, 0.6) is 0 Å². The summed E-state index contributed by atoms with van der Waals surface area (Å²) in [5.74, 6) is 0. The molecule has 2 atom stereocenters. The second-order valence-corrected chi connectivity index (χ2v) is 8.36. The molecule has 3 heterocycles. The molecule has 122 valence electrons. The largest absolute Gasteiger partial charge is 0.444 e. The number of piperidine rings is 1. The molecule has 3 aliphatic rings. The fourth-order valence-electron chi connectivity index (χ4n) is 2.81. The Morgan fingerprint density at radius 3 is 2.29 bits per heavy atom. The third-order valence-electron chi connectivity index (χ3n) is 3.58. The SMILES string of the molecule is CC(C)(C)OC(=O)N1C2CC1CN(CCOS(C)(=O)=O)C2. The van der Waals surface area contributed by atoms with E-state index in [1.54, 1.807) is 4.90 Å². The molecule has 0 aromatic carbocycles. The molecule has 21 heavy (non-hydrogen) atoms. The fraction of sp³-hybridized carbons (Fsp3) is 0.923. The summed E-state index contributed by atoms with van der Waals surface area (Å²) < 4.78 is 32.0. The fourth-order valence-corrected chi connectivity index (χ4v) is 3.19. The van der Waals surface area contributed by atoms with Gasteiger partial charge in [-0.3, -0.25) is 14.0 Å². The van der Waals surface area contributed by atoms with Gasteiger partial charge < -0.3 is 4.74 Å². The summed E-state index contributed by atoms with van der Waals surface area (Å²) in [7, 11) is -3.38. The Morgan fingerprint density at radius 2 is 1.81 bits per heavy atom. The molecular formula is C13H24N2O5S. The molecule has 0 saturated carbocycles. The van der Waals surface area contributed by atoms with E-state index in [-0.39, 0.29) is 24.8 Å². The zero-order chi connectivity index (χ0) is 15.8. The van der Waals surface area contributed by atoms with Crippen LogP contribution in [0, 0.1) is 0 Å². The highest BCUT2D eigenvalue weighted by molar-refractivity contribution is 7.85. The molecule has 0 aromatic rings. The van der Waals surface area contributed by atoms with E-state index in [1.807, 2.05) is 20.8 Å². The van der Waals surface area contributed by atoms with Gasteiger partial charge in [-0.2, -0.15) is 8.42 Å². The molecule has 0 spiro atoms. The van der Waals surface area contributed by atoms with E-state index in [1.165, 1.54) is 0 Å². The Kier molecular flexibility index (Phi) is 4.51. The molecule has 2 unspecified atom stereocenters. The smallest absolute Gasteiger partial charge is 0.410 e. The average molecular weight is 320 g/mol. The zero-order valence-electron chi connectivity index (χ0n) is 13.0. The summed E-state index contributed by atoms with van der Waals surface area (Å²) in [4.78, 5) is 16.0. The molecule has 0 aliphatic carbocycles. The molecule has 3 rings (SSSR count). The van der Waals surface area contributed by atoms with Crippen LogP contribution in [-0.2, 0) is 19.0 Å². The number of hydrogen-bond donors (Lipinski definition) is 0. The van der Waals surface area contributed by atoms with Crippen molar-refractivity contribution in [2.45, 2.75) is 44.9 Å². The molecule has 1 amide bonds. The van der Waals surface area contributed by atoms with E-state index in [9.17, 15) is 13.2 Å². The number of fused-ring (bicyclic) bond motifs is 2. The number of carbonyl (C=O) groups excluding carboxylic acids is 1. The number of nitrogens with zero attached hydrogens (tertiary/aromatic N) is 2. The van der Waals surface area contributed by atoms with Crippen LogP contribution in [0.2, 0.25) is 0 Å². The number of amides is 1. The summed E-state index contributed by atoms with van der Waals surface area (Å²) in [6.45, 7) is 7.76. The lowest BCUT2D eigenvalue weighted by atomic mass is 9.88. The predicted molar refractivity (Wildman–Crippen MR) is 77.5 cm³/mol. The van der Waals surface area contributed by atoms with Crippen LogP contribution >= 0.6 is 0 Å². The Morgan fingerprint density at radius 1 is 1.24 bits per heavy atom. The van der Waals surface area contributed by atoms with Gasteiger partial charge in [0.2, 0.25) is 0 Å². The highest BCUT2D eigenvalue weighted by atomic mass is 32.2. The maximum absolute atomic E-state index is 12.1. The van der Waals surface area contributed by atoms with Gasteiger partial charge in [0.1, 0.15) is 5.60 Å². The Hall–Kier alpha value is -0.860. The third-order valence-corrected chi connectivity index (χ3v) is 4.17. The first-order valence-corrected chi connectivity index (χ1v) is 8.95. The number of hydrogen-bond acceptors (Lipinski definition) is 6. The predicted octanol–water partition coefficient (Wildman–Crippen LogP) is 0.656. The number of ether oxygens (including phenoxy) is 1. The van der Waals surface area contributed by atoms with Crippen molar-refractivity contribution in [3.63, 3.8) is 0 Å². The van der Waals surface area contributed by atoms with E-state index in [0.29, 0.717) is 6.54 Å². The summed E-state index contributed by atoms with van der Waals surface area (Å²) in [5, 5.41) is 0. The Bertz CT molecular complexity index is 487. The van der Waals surface area contributed by atoms with Gasteiger partial charge >= 0.3 is 6.09 Å². The topological polar surface area (TPSA) is 76.2 Å². The number of piperazine rings is 1. The highest BCUT2D eigenvalue weighted by Crippen LogP contribution is 2.33. The molecule has 3 fully saturated rings. The van der Waals surface area contributed by atoms with Gasteiger partial charge in [0, 0.05) is 19.6 Å². The molecule has 0 N–H and O–H groups in total. The summed E-state index contributed by atoms with van der Waals surface area (Å²) in [6, 6.07) is 0.327. The van der Waals surface area contributed by atoms with Crippen LogP contribution in [0.3, 0.4) is 0 Å². The Labute approximate surface area is 126 Å². The molecule has 2 bridgehead atoms. The maximum Gasteiger partial charge on any atom is 0.410 e. The minimum absolute atomic E-state index is 0.157. The quantitative estimate of drug-likeness (QED) is 0.708. The molecular weight excluding hydrogens is 296 g/mol. The van der Waals surface area contributed by atoms with E-state index >= 15 is 0 Å². The van der Waals surface area contributed by atoms with E-state index < -0.39 is 15.7 Å². The zero-order valence-corrected chi connectivity index (χ0v) is 13.9. The van der Waals surface area contributed by atoms with Gasteiger partial charge in [0.15, 0.2) is 0 Å². The first-order valence-electron chi connectivity index (χ1n) is 7.13. The van der Waals surface area contributed by atoms with Crippen molar-refractivity contribution in [2.75, 3.05) is 32.5 Å². The van der Waals surface area contributed by atoms with E-state index in [0.717, 1.165) is 25.8 Å². The van der Waals surface area contributed by atoms with Crippen LogP contribution in [0.25, 0.3) is 0 Å². The normalized spacial score (nSPS) is 26.4. The molecule has 0 radical (unpaired) electrons. The van der Waals surface area contributed by atoms with Gasteiger partial charge in [-0.15, -0.1) is 0 Å². The number of rotatable bonds is 4. The lowest BCUT2D eigenvalue weighted by molar-refractivity contribution is -0.0775. The van der Waals surface area contributed by atoms with E-state index in [4.69, 9.17) is 8.92 Å². The lowest BCUT2D eigenvalue weighted by Crippen LogP contribution is -2.70. The third kappa shape index (κ3) is 4.55. The van der Waals surface area contributed by atoms with Crippen molar-refractivity contribution in [1.82, 2.24) is 9.80 Å². The van der Waals surface area contributed by atoms with Crippen LogP contribution in [-0.4, -0.2) is 74.5 Å². The van der Waals surface area contributed by atoms with Crippen LogP contribution in [0.15, 0.2) is 0 Å². The van der Waals surface area contributed by atoms with Crippen LogP contribution in [0.1, 0.15) is 27.2 Å². The average Bonchev–Trinajstić information content (AvgIpc) is 2.24. The first kappa shape index (κ1) is 16.5. The van der Waals surface area contributed by atoms with Crippen molar-refractivity contribution < 1.29 is 22.1 Å². The molecule has 7 nitrogen and oxygen atoms in total. The lowest BCUT2D eigenvalue weighted by Gasteiger charge is -2.55. The van der Waals surface area contributed by atoms with Gasteiger partial charge in [0.05, 0.1) is 24.9 Å². The van der Waals surface area contributed by atoms with Gasteiger partial charge in [0.25, 0.3) is 10.1 Å². The van der Waals surface area contributed by atoms with E-state index in [2.05, 4.69) is 4.90 Å². The summed E-state index contributed by atoms with van der Waals surface area (Å²) in [6.07, 6.45) is 1.78. The van der Waals surface area contributed by atoms with Gasteiger partial charge in [-0.05, 0) is 27.2 Å². The van der Waals surface area contributed by atoms with Gasteiger partial charge in [-0.1, -0.05) is 0 Å². The van der Waals surface area contributed by atoms with Crippen LogP contribution in [0.4, 0.5) is 4.79 Å². The molecule has 3 saturated heterocycles. The molecule has 0 aromatic heterocycles. The highest BCUT2D eigenvalue weighted by Gasteiger charge is 2.48. The van der Waals surface area contributed by atoms with Gasteiger partial charge in [-0.25, -0.2) is 4.79 Å². The Balaban J connectivity index is 1.78. The van der Waals surface area contributed by atoms with Crippen molar-refractivity contribution in [3.05, 3.63) is 0 Å². The standard InChI is InChI=1S/C13H24N2O5S/c1-13(2,3)20-12(16)15-10-7-11(15)9-14(8-10)5-6-19-21(4,17)18/h10-11H,5-9H2,1-4H3. The second-order valence-electron chi connectivity index (χ2n) is 6.72. The second kappa shape index (κ2) is 5.73. The minimum Gasteiger partial charge on any atom is -0.444 e. The molecule has 8 heteroatoms. The maximum atomic E-state index is 12.1. The van der Waals surface area contributed by atoms with Crippen molar-refractivity contribution >= 4 is 16.2 Å². The summed E-state index contributed by atoms with van der Waals surface area (Å²) >= 11 is 0. The van der Waals surface area contributed by atoms with Crippen molar-refractivity contribution in [3.8, 4) is 0 Å². The number of carbonyl (C=O) groups is 1. The van der Waals surface area contributed by atoms with Crippen molar-refractivity contribution in [1.29, 1.82) is 0 Å². The first-order chi connectivity index (χ1) is 9.55.